The number of carboxylic acid groups (broad SMARTS) is 1. The molecule has 10 heteroatoms. The number of nitriles is 1. The van der Waals surface area contributed by atoms with E-state index in [1.54, 1.807) is 4.90 Å². The first-order valence-corrected chi connectivity index (χ1v) is 11.7. The second-order valence-electron chi connectivity index (χ2n) is 8.60. The van der Waals surface area contributed by atoms with Crippen molar-refractivity contribution in [2.24, 2.45) is 5.14 Å². The molecule has 1 aliphatic carbocycles. The zero-order valence-corrected chi connectivity index (χ0v) is 17.5. The number of likely N-dealkylation sites (tertiary alicyclic amines) is 1. The number of benzene rings is 1. The number of hydrogen-bond acceptors (Lipinski definition) is 5. The Morgan fingerprint density at radius 1 is 1.27 bits per heavy atom. The van der Waals surface area contributed by atoms with Gasteiger partial charge in [0.2, 0.25) is 0 Å². The Labute approximate surface area is 176 Å². The third-order valence-electron chi connectivity index (χ3n) is 6.80. The molecule has 162 valence electrons. The average molecular weight is 434 g/mol. The number of carbonyl (C=O) groups is 1. The van der Waals surface area contributed by atoms with Crippen LogP contribution < -0.4 is 5.14 Å². The summed E-state index contributed by atoms with van der Waals surface area (Å²) in [5.41, 5.74) is 0.656. The van der Waals surface area contributed by atoms with Gasteiger partial charge in [0.1, 0.15) is 0 Å². The zero-order valence-electron chi connectivity index (χ0n) is 16.7. The molecule has 9 nitrogen and oxygen atoms in total. The molecule has 0 unspecified atom stereocenters. The summed E-state index contributed by atoms with van der Waals surface area (Å²) in [4.78, 5) is 15.8. The molecule has 0 bridgehead atoms. The number of hydrogen-bond donors (Lipinski definition) is 2. The number of nitrogens with zero attached hydrogens (tertiary/aromatic N) is 4. The van der Waals surface area contributed by atoms with Crippen LogP contribution in [0.1, 0.15) is 37.2 Å². The van der Waals surface area contributed by atoms with Crippen LogP contribution in [0.25, 0.3) is 0 Å². The molecule has 4 rings (SSSR count). The summed E-state index contributed by atoms with van der Waals surface area (Å²) in [5, 5.41) is 24.3. The van der Waals surface area contributed by atoms with Gasteiger partial charge in [-0.05, 0) is 24.8 Å². The monoisotopic (exact) mass is 433 g/mol. The first-order valence-electron chi connectivity index (χ1n) is 10.2. The number of rotatable bonds is 6. The standard InChI is InChI=1S/C20H27N5O4S/c21-9-8-20(13-24(14-20)30(22,28)29)23-10-6-16(7-11-23)25(19(26)27)18-12-17(18)15-4-2-1-3-5-15/h1-5,16-18H,6-8,10-14H2,(H,26,27)(H2,22,28,29)/t17-,18+/m0/s1. The van der Waals surface area contributed by atoms with E-state index in [2.05, 4.69) is 11.0 Å². The first kappa shape index (κ1) is 21.1. The molecule has 1 saturated carbocycles. The summed E-state index contributed by atoms with van der Waals surface area (Å²) in [5.74, 6) is 0.250. The van der Waals surface area contributed by atoms with E-state index < -0.39 is 21.8 Å². The SMILES string of the molecule is N#CCC1(N2CCC(N(C(=O)O)[C@@H]3C[C@H]3c3ccccc3)CC2)CN(S(N)(=O)=O)C1. The molecule has 3 aliphatic rings. The molecule has 0 spiro atoms. The van der Waals surface area contributed by atoms with E-state index in [1.807, 2.05) is 30.3 Å². The molecule has 2 atom stereocenters. The summed E-state index contributed by atoms with van der Waals surface area (Å²) in [7, 11) is -3.75. The maximum Gasteiger partial charge on any atom is 0.407 e. The van der Waals surface area contributed by atoms with Gasteiger partial charge in [-0.3, -0.25) is 4.90 Å². The van der Waals surface area contributed by atoms with E-state index in [-0.39, 0.29) is 37.5 Å². The van der Waals surface area contributed by atoms with Crippen LogP contribution in [-0.2, 0) is 10.2 Å². The van der Waals surface area contributed by atoms with Crippen molar-refractivity contribution in [2.45, 2.75) is 49.2 Å². The van der Waals surface area contributed by atoms with E-state index in [1.165, 1.54) is 9.87 Å². The van der Waals surface area contributed by atoms with Crippen LogP contribution in [-0.4, -0.2) is 77.5 Å². The molecule has 0 radical (unpaired) electrons. The highest BCUT2D eigenvalue weighted by atomic mass is 32.2. The molecule has 2 aliphatic heterocycles. The zero-order chi connectivity index (χ0) is 21.5. The Morgan fingerprint density at radius 2 is 1.90 bits per heavy atom. The molecule has 3 fully saturated rings. The summed E-state index contributed by atoms with van der Waals surface area (Å²) in [6, 6.07) is 12.1. The van der Waals surface area contributed by atoms with E-state index in [9.17, 15) is 23.6 Å². The molecule has 30 heavy (non-hydrogen) atoms. The minimum Gasteiger partial charge on any atom is -0.465 e. The predicted octanol–water partition coefficient (Wildman–Crippen LogP) is 1.16. The number of piperidine rings is 1. The molecular weight excluding hydrogens is 406 g/mol. The maximum absolute atomic E-state index is 12.0. The van der Waals surface area contributed by atoms with Crippen LogP contribution in [0.2, 0.25) is 0 Å². The summed E-state index contributed by atoms with van der Waals surface area (Å²) < 4.78 is 24.3. The van der Waals surface area contributed by atoms with Gasteiger partial charge in [0, 0.05) is 44.2 Å². The fourth-order valence-corrected chi connectivity index (χ4v) is 5.94. The van der Waals surface area contributed by atoms with Crippen molar-refractivity contribution in [2.75, 3.05) is 26.2 Å². The van der Waals surface area contributed by atoms with Crippen molar-refractivity contribution in [3.05, 3.63) is 35.9 Å². The van der Waals surface area contributed by atoms with Gasteiger partial charge in [-0.1, -0.05) is 30.3 Å². The fourth-order valence-electron chi connectivity index (χ4n) is 5.10. The van der Waals surface area contributed by atoms with Gasteiger partial charge in [0.05, 0.1) is 18.0 Å². The quantitative estimate of drug-likeness (QED) is 0.692. The third-order valence-corrected chi connectivity index (χ3v) is 7.78. The Bertz CT molecular complexity index is 934. The summed E-state index contributed by atoms with van der Waals surface area (Å²) >= 11 is 0. The lowest BCUT2D eigenvalue weighted by Crippen LogP contribution is -2.73. The minimum absolute atomic E-state index is 0.0103. The Balaban J connectivity index is 1.39. The molecule has 1 aromatic rings. The Morgan fingerprint density at radius 3 is 2.43 bits per heavy atom. The molecule has 3 N–H and O–H groups in total. The number of amides is 1. The van der Waals surface area contributed by atoms with Crippen LogP contribution in [0, 0.1) is 11.3 Å². The molecule has 1 amide bonds. The molecule has 2 heterocycles. The first-order chi connectivity index (χ1) is 14.2. The van der Waals surface area contributed by atoms with Crippen molar-refractivity contribution in [3.63, 3.8) is 0 Å². The van der Waals surface area contributed by atoms with Gasteiger partial charge in [0.25, 0.3) is 10.2 Å². The maximum atomic E-state index is 12.0. The van der Waals surface area contributed by atoms with Crippen molar-refractivity contribution < 1.29 is 18.3 Å². The van der Waals surface area contributed by atoms with Crippen LogP contribution in [0.5, 0.6) is 0 Å². The molecular formula is C20H27N5O4S. The molecule has 2 saturated heterocycles. The van der Waals surface area contributed by atoms with Crippen LogP contribution >= 0.6 is 0 Å². The largest absolute Gasteiger partial charge is 0.465 e. The highest BCUT2D eigenvalue weighted by molar-refractivity contribution is 7.86. The van der Waals surface area contributed by atoms with Crippen LogP contribution in [0.3, 0.4) is 0 Å². The van der Waals surface area contributed by atoms with Crippen LogP contribution in [0.4, 0.5) is 4.79 Å². The van der Waals surface area contributed by atoms with Gasteiger partial charge in [-0.2, -0.15) is 18.0 Å². The van der Waals surface area contributed by atoms with E-state index in [0.29, 0.717) is 25.9 Å². The van der Waals surface area contributed by atoms with Gasteiger partial charge >= 0.3 is 6.09 Å². The van der Waals surface area contributed by atoms with Gasteiger partial charge < -0.3 is 10.0 Å². The van der Waals surface area contributed by atoms with E-state index >= 15 is 0 Å². The second kappa shape index (κ2) is 7.81. The summed E-state index contributed by atoms with van der Waals surface area (Å²) in [6.07, 6.45) is 1.54. The fraction of sp³-hybridized carbons (Fsp3) is 0.600. The van der Waals surface area contributed by atoms with Crippen molar-refractivity contribution in [1.29, 1.82) is 5.26 Å². The second-order valence-corrected chi connectivity index (χ2v) is 10.1. The highest BCUT2D eigenvalue weighted by Crippen LogP contribution is 2.46. The normalized spacial score (nSPS) is 27.1. The molecule has 0 aromatic heterocycles. The minimum atomic E-state index is -3.75. The summed E-state index contributed by atoms with van der Waals surface area (Å²) in [6.45, 7) is 1.70. The Kier molecular flexibility index (Phi) is 5.48. The predicted molar refractivity (Wildman–Crippen MR) is 110 cm³/mol. The van der Waals surface area contributed by atoms with Gasteiger partial charge in [0.15, 0.2) is 0 Å². The van der Waals surface area contributed by atoms with Crippen LogP contribution in [0.15, 0.2) is 30.3 Å². The third kappa shape index (κ3) is 3.90. The number of nitrogens with two attached hydrogens (primary N) is 1. The van der Waals surface area contributed by atoms with Crippen molar-refractivity contribution in [3.8, 4) is 6.07 Å². The Hall–Kier alpha value is -2.19. The van der Waals surface area contributed by atoms with Gasteiger partial charge in [-0.25, -0.2) is 9.93 Å². The van der Waals surface area contributed by atoms with Crippen molar-refractivity contribution in [1.82, 2.24) is 14.1 Å². The molecule has 1 aromatic carbocycles. The van der Waals surface area contributed by atoms with Gasteiger partial charge in [-0.15, -0.1) is 0 Å². The lowest BCUT2D eigenvalue weighted by Gasteiger charge is -2.55. The smallest absolute Gasteiger partial charge is 0.407 e. The highest BCUT2D eigenvalue weighted by Gasteiger charge is 2.53. The lowest BCUT2D eigenvalue weighted by atomic mass is 9.84. The van der Waals surface area contributed by atoms with Crippen molar-refractivity contribution >= 4 is 16.3 Å². The van der Waals surface area contributed by atoms with E-state index in [0.717, 1.165) is 6.42 Å². The average Bonchev–Trinajstić information content (AvgIpc) is 3.45. The topological polar surface area (TPSA) is 131 Å². The lowest BCUT2D eigenvalue weighted by molar-refractivity contribution is -0.0348. The van der Waals surface area contributed by atoms with E-state index in [4.69, 9.17) is 5.14 Å².